The Hall–Kier alpha value is -1.29. The number of hydrogen-bond donors (Lipinski definition) is 1. The Morgan fingerprint density at radius 2 is 2.06 bits per heavy atom. The second-order valence-corrected chi connectivity index (χ2v) is 5.32. The highest BCUT2D eigenvalue weighted by atomic mass is 16.3. The number of nitrogens with one attached hydrogen (secondary N) is 1. The number of carbonyl (C=O) groups excluding carboxylic acids is 1. The van der Waals surface area contributed by atoms with Crippen LogP contribution in [0.15, 0.2) is 22.8 Å². The number of furan rings is 1. The van der Waals surface area contributed by atoms with E-state index in [0.29, 0.717) is 5.92 Å². The summed E-state index contributed by atoms with van der Waals surface area (Å²) in [7, 11) is 3.57. The topological polar surface area (TPSA) is 45.5 Å². The third-order valence-corrected chi connectivity index (χ3v) is 2.87. The van der Waals surface area contributed by atoms with Crippen LogP contribution in [0, 0.1) is 5.92 Å². The minimum Gasteiger partial charge on any atom is -0.468 e. The predicted molar refractivity (Wildman–Crippen MR) is 72.2 cm³/mol. The molecule has 1 amide bonds. The molecule has 1 aromatic rings. The van der Waals surface area contributed by atoms with Gasteiger partial charge in [0.1, 0.15) is 5.76 Å². The first-order valence-electron chi connectivity index (χ1n) is 6.42. The maximum Gasteiger partial charge on any atom is 0.239 e. The van der Waals surface area contributed by atoms with Crippen LogP contribution in [0.2, 0.25) is 0 Å². The van der Waals surface area contributed by atoms with Gasteiger partial charge in [0.25, 0.3) is 0 Å². The quantitative estimate of drug-likeness (QED) is 0.845. The third kappa shape index (κ3) is 4.18. The lowest BCUT2D eigenvalue weighted by Gasteiger charge is -2.25. The minimum atomic E-state index is -0.167. The zero-order valence-corrected chi connectivity index (χ0v) is 11.9. The van der Waals surface area contributed by atoms with Crippen LogP contribution in [0.25, 0.3) is 0 Å². The molecule has 1 rings (SSSR count). The SMILES string of the molecule is CC(C)CC(NC(C)c1ccco1)C(=O)N(C)C. The summed E-state index contributed by atoms with van der Waals surface area (Å²) in [5, 5.41) is 3.35. The number of amides is 1. The average molecular weight is 252 g/mol. The Labute approximate surface area is 109 Å². The normalized spacial score (nSPS) is 14.6. The van der Waals surface area contributed by atoms with Crippen LogP contribution < -0.4 is 5.32 Å². The Balaban J connectivity index is 2.69. The van der Waals surface area contributed by atoms with E-state index in [1.807, 2.05) is 19.1 Å². The lowest BCUT2D eigenvalue weighted by atomic mass is 10.0. The van der Waals surface area contributed by atoms with Crippen molar-refractivity contribution in [3.8, 4) is 0 Å². The molecule has 0 saturated carbocycles. The molecule has 0 fully saturated rings. The number of nitrogens with zero attached hydrogens (tertiary/aromatic N) is 1. The van der Waals surface area contributed by atoms with Gasteiger partial charge in [-0.05, 0) is 31.4 Å². The van der Waals surface area contributed by atoms with E-state index in [2.05, 4.69) is 19.2 Å². The predicted octanol–water partition coefficient (Wildman–Crippen LogP) is 2.43. The molecule has 0 spiro atoms. The molecule has 1 heterocycles. The van der Waals surface area contributed by atoms with Crippen molar-refractivity contribution >= 4 is 5.91 Å². The standard InChI is InChI=1S/C14H24N2O2/c1-10(2)9-12(14(17)16(4)5)15-11(3)13-7-6-8-18-13/h6-8,10-12,15H,9H2,1-5H3. The molecule has 0 aromatic carbocycles. The van der Waals surface area contributed by atoms with Gasteiger partial charge in [-0.25, -0.2) is 0 Å². The van der Waals surface area contributed by atoms with Crippen LogP contribution in [0.1, 0.15) is 39.0 Å². The minimum absolute atomic E-state index is 0.0349. The van der Waals surface area contributed by atoms with E-state index in [0.717, 1.165) is 12.2 Å². The first kappa shape index (κ1) is 14.8. The molecule has 0 bridgehead atoms. The molecule has 2 unspecified atom stereocenters. The fraction of sp³-hybridized carbons (Fsp3) is 0.643. The van der Waals surface area contributed by atoms with Crippen molar-refractivity contribution in [1.29, 1.82) is 0 Å². The van der Waals surface area contributed by atoms with E-state index in [9.17, 15) is 4.79 Å². The molecule has 0 radical (unpaired) electrons. The van der Waals surface area contributed by atoms with E-state index in [1.54, 1.807) is 25.3 Å². The van der Waals surface area contributed by atoms with Gasteiger partial charge in [0.05, 0.1) is 18.3 Å². The molecule has 2 atom stereocenters. The van der Waals surface area contributed by atoms with Gasteiger partial charge in [-0.1, -0.05) is 13.8 Å². The molecule has 1 N–H and O–H groups in total. The molecule has 4 heteroatoms. The van der Waals surface area contributed by atoms with E-state index in [1.165, 1.54) is 0 Å². The van der Waals surface area contributed by atoms with Gasteiger partial charge in [0.15, 0.2) is 0 Å². The van der Waals surface area contributed by atoms with Crippen LogP contribution in [0.3, 0.4) is 0 Å². The molecular weight excluding hydrogens is 228 g/mol. The van der Waals surface area contributed by atoms with Gasteiger partial charge in [-0.2, -0.15) is 0 Å². The third-order valence-electron chi connectivity index (χ3n) is 2.87. The van der Waals surface area contributed by atoms with E-state index < -0.39 is 0 Å². The smallest absolute Gasteiger partial charge is 0.239 e. The highest BCUT2D eigenvalue weighted by Crippen LogP contribution is 2.16. The van der Waals surface area contributed by atoms with Crippen molar-refractivity contribution < 1.29 is 9.21 Å². The molecule has 0 aliphatic heterocycles. The number of hydrogen-bond acceptors (Lipinski definition) is 3. The summed E-state index contributed by atoms with van der Waals surface area (Å²) in [5.74, 6) is 1.44. The van der Waals surface area contributed by atoms with Gasteiger partial charge < -0.3 is 9.32 Å². The van der Waals surface area contributed by atoms with Crippen molar-refractivity contribution in [3.63, 3.8) is 0 Å². The second kappa shape index (κ2) is 6.59. The molecule has 18 heavy (non-hydrogen) atoms. The highest BCUT2D eigenvalue weighted by molar-refractivity contribution is 5.81. The lowest BCUT2D eigenvalue weighted by Crippen LogP contribution is -2.45. The van der Waals surface area contributed by atoms with Gasteiger partial charge in [0, 0.05) is 14.1 Å². The van der Waals surface area contributed by atoms with Crippen molar-refractivity contribution in [2.45, 2.75) is 39.3 Å². The van der Waals surface area contributed by atoms with Gasteiger partial charge in [-0.3, -0.25) is 10.1 Å². The lowest BCUT2D eigenvalue weighted by molar-refractivity contribution is -0.131. The summed E-state index contributed by atoms with van der Waals surface area (Å²) in [5.41, 5.74) is 0. The Kier molecular flexibility index (Phi) is 5.41. The van der Waals surface area contributed by atoms with Crippen molar-refractivity contribution in [3.05, 3.63) is 24.2 Å². The van der Waals surface area contributed by atoms with Crippen LogP contribution in [0.4, 0.5) is 0 Å². The first-order valence-corrected chi connectivity index (χ1v) is 6.42. The fourth-order valence-electron chi connectivity index (χ4n) is 1.94. The van der Waals surface area contributed by atoms with Crippen LogP contribution in [0.5, 0.6) is 0 Å². The van der Waals surface area contributed by atoms with Gasteiger partial charge in [0.2, 0.25) is 5.91 Å². The molecule has 4 nitrogen and oxygen atoms in total. The molecule has 0 saturated heterocycles. The number of carbonyl (C=O) groups is 1. The van der Waals surface area contributed by atoms with Crippen LogP contribution in [-0.4, -0.2) is 30.9 Å². The van der Waals surface area contributed by atoms with Crippen molar-refractivity contribution in [1.82, 2.24) is 10.2 Å². The maximum absolute atomic E-state index is 12.1. The zero-order chi connectivity index (χ0) is 13.7. The molecule has 1 aromatic heterocycles. The van der Waals surface area contributed by atoms with Crippen molar-refractivity contribution in [2.75, 3.05) is 14.1 Å². The molecule has 0 aliphatic rings. The van der Waals surface area contributed by atoms with Crippen LogP contribution in [-0.2, 0) is 4.79 Å². The Morgan fingerprint density at radius 1 is 1.39 bits per heavy atom. The first-order chi connectivity index (χ1) is 8.41. The summed E-state index contributed by atoms with van der Waals surface area (Å²) in [4.78, 5) is 13.8. The summed E-state index contributed by atoms with van der Waals surface area (Å²) in [6, 6.07) is 3.65. The van der Waals surface area contributed by atoms with Gasteiger partial charge in [-0.15, -0.1) is 0 Å². The van der Waals surface area contributed by atoms with Crippen molar-refractivity contribution in [2.24, 2.45) is 5.92 Å². The zero-order valence-electron chi connectivity index (χ0n) is 11.9. The molecular formula is C14H24N2O2. The van der Waals surface area contributed by atoms with Crippen LogP contribution >= 0.6 is 0 Å². The van der Waals surface area contributed by atoms with E-state index in [4.69, 9.17) is 4.42 Å². The monoisotopic (exact) mass is 252 g/mol. The molecule has 102 valence electrons. The fourth-order valence-corrected chi connectivity index (χ4v) is 1.94. The summed E-state index contributed by atoms with van der Waals surface area (Å²) in [6.07, 6.45) is 2.47. The Morgan fingerprint density at radius 3 is 2.50 bits per heavy atom. The van der Waals surface area contributed by atoms with E-state index >= 15 is 0 Å². The second-order valence-electron chi connectivity index (χ2n) is 5.32. The van der Waals surface area contributed by atoms with Gasteiger partial charge >= 0.3 is 0 Å². The number of likely N-dealkylation sites (N-methyl/N-ethyl adjacent to an activating group) is 1. The summed E-state index contributed by atoms with van der Waals surface area (Å²) < 4.78 is 5.35. The largest absolute Gasteiger partial charge is 0.468 e. The summed E-state index contributed by atoms with van der Waals surface area (Å²) in [6.45, 7) is 6.25. The number of rotatable bonds is 6. The average Bonchev–Trinajstić information content (AvgIpc) is 2.79. The highest BCUT2D eigenvalue weighted by Gasteiger charge is 2.24. The van der Waals surface area contributed by atoms with E-state index in [-0.39, 0.29) is 18.0 Å². The Bertz CT molecular complexity index is 358. The maximum atomic E-state index is 12.1. The summed E-state index contributed by atoms with van der Waals surface area (Å²) >= 11 is 0. The molecule has 0 aliphatic carbocycles.